The van der Waals surface area contributed by atoms with Gasteiger partial charge in [-0.2, -0.15) is 0 Å². The van der Waals surface area contributed by atoms with Crippen LogP contribution in [-0.4, -0.2) is 58.0 Å². The summed E-state index contributed by atoms with van der Waals surface area (Å²) in [5.41, 5.74) is 4.25. The van der Waals surface area contributed by atoms with Crippen LogP contribution < -0.4 is 0 Å². The zero-order chi connectivity index (χ0) is 21.5. The van der Waals surface area contributed by atoms with Crippen LogP contribution in [0.25, 0.3) is 11.1 Å². The number of benzene rings is 2. The van der Waals surface area contributed by atoms with Gasteiger partial charge in [-0.25, -0.2) is 0 Å². The van der Waals surface area contributed by atoms with Gasteiger partial charge in [0, 0.05) is 31.2 Å². The number of hydrogen-bond donors (Lipinski definition) is 1. The van der Waals surface area contributed by atoms with Crippen molar-refractivity contribution < 1.29 is 14.7 Å². The zero-order valence-electron chi connectivity index (χ0n) is 18.0. The van der Waals surface area contributed by atoms with Gasteiger partial charge < -0.3 is 14.9 Å². The molecule has 1 atom stereocenters. The van der Waals surface area contributed by atoms with Gasteiger partial charge in [0.05, 0.1) is 0 Å². The van der Waals surface area contributed by atoms with Gasteiger partial charge in [-0.3, -0.25) is 9.59 Å². The Morgan fingerprint density at radius 3 is 2.37 bits per heavy atom. The number of nitrogens with zero attached hydrogens (tertiary/aromatic N) is 2. The fraction of sp³-hybridized carbons (Fsp3) is 0.440. The lowest BCUT2D eigenvalue weighted by Gasteiger charge is -2.42. The smallest absolute Gasteiger partial charge is 0.254 e. The van der Waals surface area contributed by atoms with Crippen molar-refractivity contribution in [3.8, 4) is 11.1 Å². The van der Waals surface area contributed by atoms with Crippen molar-refractivity contribution in [3.05, 3.63) is 59.2 Å². The maximum absolute atomic E-state index is 13.1. The Labute approximate surface area is 178 Å². The van der Waals surface area contributed by atoms with E-state index in [9.17, 15) is 14.7 Å². The molecule has 0 bridgehead atoms. The van der Waals surface area contributed by atoms with Crippen molar-refractivity contribution >= 4 is 11.8 Å². The molecule has 1 saturated carbocycles. The largest absolute Gasteiger partial charge is 0.380 e. The number of carbonyl (C=O) groups is 2. The normalized spacial score (nSPS) is 20.2. The van der Waals surface area contributed by atoms with Crippen LogP contribution in [0.5, 0.6) is 0 Å². The molecule has 1 aliphatic carbocycles. The molecule has 2 aromatic rings. The van der Waals surface area contributed by atoms with Crippen molar-refractivity contribution in [2.24, 2.45) is 0 Å². The molecule has 1 N–H and O–H groups in total. The van der Waals surface area contributed by atoms with Crippen LogP contribution in [0.3, 0.4) is 0 Å². The van der Waals surface area contributed by atoms with E-state index in [-0.39, 0.29) is 17.9 Å². The Bertz CT molecular complexity index is 963. The third-order valence-electron chi connectivity index (χ3n) is 6.45. The Morgan fingerprint density at radius 2 is 1.77 bits per heavy atom. The summed E-state index contributed by atoms with van der Waals surface area (Å²) in [5.74, 6) is -0.169. The molecule has 30 heavy (non-hydrogen) atoms. The summed E-state index contributed by atoms with van der Waals surface area (Å²) >= 11 is 0. The van der Waals surface area contributed by atoms with E-state index in [1.807, 2.05) is 36.1 Å². The number of carbonyl (C=O) groups excluding carboxylic acids is 2. The van der Waals surface area contributed by atoms with E-state index in [0.717, 1.165) is 12.0 Å². The lowest BCUT2D eigenvalue weighted by Crippen LogP contribution is -2.58. The summed E-state index contributed by atoms with van der Waals surface area (Å²) in [6.07, 6.45) is 1.86. The number of piperazine rings is 1. The minimum absolute atomic E-state index is 0.00198. The summed E-state index contributed by atoms with van der Waals surface area (Å²) in [6, 6.07) is 14.1. The van der Waals surface area contributed by atoms with Crippen molar-refractivity contribution in [3.63, 3.8) is 0 Å². The van der Waals surface area contributed by atoms with Gasteiger partial charge in [0.15, 0.2) is 0 Å². The van der Waals surface area contributed by atoms with E-state index in [1.54, 1.807) is 4.90 Å². The molecule has 2 amide bonds. The molecule has 1 unspecified atom stereocenters. The average molecular weight is 407 g/mol. The van der Waals surface area contributed by atoms with Gasteiger partial charge in [-0.1, -0.05) is 42.8 Å². The van der Waals surface area contributed by atoms with E-state index in [1.165, 1.54) is 16.7 Å². The van der Waals surface area contributed by atoms with Crippen LogP contribution in [0.1, 0.15) is 47.7 Å². The lowest BCUT2D eigenvalue weighted by atomic mass is 9.97. The second-order valence-electron chi connectivity index (χ2n) is 8.74. The van der Waals surface area contributed by atoms with Crippen molar-refractivity contribution in [2.45, 2.75) is 51.7 Å². The highest BCUT2D eigenvalue weighted by Crippen LogP contribution is 2.38. The minimum atomic E-state index is -1.15. The Hall–Kier alpha value is -2.66. The molecule has 0 aromatic heterocycles. The van der Waals surface area contributed by atoms with Gasteiger partial charge in [-0.05, 0) is 61.9 Å². The molecule has 0 radical (unpaired) electrons. The number of hydrogen-bond acceptors (Lipinski definition) is 3. The van der Waals surface area contributed by atoms with Crippen LogP contribution in [-0.2, 0) is 4.79 Å². The first-order chi connectivity index (χ1) is 14.3. The number of amides is 2. The molecule has 1 heterocycles. The van der Waals surface area contributed by atoms with Crippen molar-refractivity contribution in [1.82, 2.24) is 9.80 Å². The molecular weight excluding hydrogens is 376 g/mol. The Kier molecular flexibility index (Phi) is 5.41. The quantitative estimate of drug-likeness (QED) is 0.845. The van der Waals surface area contributed by atoms with E-state index < -0.39 is 5.60 Å². The highest BCUT2D eigenvalue weighted by Gasteiger charge is 2.51. The molecule has 5 heteroatoms. The topological polar surface area (TPSA) is 60.9 Å². The SMILES string of the molecule is CCC1CN(C(=O)c2ccc(-c3ccc(C)cc3C)cc2)CCN1C(=O)C1(O)CC1. The van der Waals surface area contributed by atoms with Crippen LogP contribution in [0.2, 0.25) is 0 Å². The minimum Gasteiger partial charge on any atom is -0.380 e. The summed E-state index contributed by atoms with van der Waals surface area (Å²) in [4.78, 5) is 29.3. The molecule has 2 aromatic carbocycles. The van der Waals surface area contributed by atoms with Crippen LogP contribution in [0.4, 0.5) is 0 Å². The maximum atomic E-state index is 13.1. The first kappa shape index (κ1) is 20.6. The third-order valence-corrected chi connectivity index (χ3v) is 6.45. The molecule has 1 aliphatic heterocycles. The molecule has 2 aliphatic rings. The predicted molar refractivity (Wildman–Crippen MR) is 117 cm³/mol. The Morgan fingerprint density at radius 1 is 1.07 bits per heavy atom. The van der Waals surface area contributed by atoms with E-state index in [0.29, 0.717) is 38.0 Å². The number of aryl methyl sites for hydroxylation is 2. The monoisotopic (exact) mass is 406 g/mol. The Balaban J connectivity index is 1.46. The molecule has 0 spiro atoms. The van der Waals surface area contributed by atoms with E-state index in [2.05, 4.69) is 32.0 Å². The number of aliphatic hydroxyl groups is 1. The first-order valence-corrected chi connectivity index (χ1v) is 10.8. The second kappa shape index (κ2) is 7.88. The van der Waals surface area contributed by atoms with E-state index >= 15 is 0 Å². The summed E-state index contributed by atoms with van der Waals surface area (Å²) < 4.78 is 0. The molecule has 5 nitrogen and oxygen atoms in total. The molecule has 2 fully saturated rings. The summed E-state index contributed by atoms with van der Waals surface area (Å²) in [6.45, 7) is 7.69. The average Bonchev–Trinajstić information content (AvgIpc) is 3.51. The van der Waals surface area contributed by atoms with Crippen molar-refractivity contribution in [1.29, 1.82) is 0 Å². The van der Waals surface area contributed by atoms with Gasteiger partial charge in [0.25, 0.3) is 11.8 Å². The highest BCUT2D eigenvalue weighted by atomic mass is 16.3. The molecule has 1 saturated heterocycles. The number of rotatable bonds is 4. The summed E-state index contributed by atoms with van der Waals surface area (Å²) in [5, 5.41) is 10.2. The predicted octanol–water partition coefficient (Wildman–Crippen LogP) is 3.56. The van der Waals surface area contributed by atoms with Crippen LogP contribution in [0.15, 0.2) is 42.5 Å². The second-order valence-corrected chi connectivity index (χ2v) is 8.74. The van der Waals surface area contributed by atoms with Gasteiger partial charge in [-0.15, -0.1) is 0 Å². The van der Waals surface area contributed by atoms with Gasteiger partial charge >= 0.3 is 0 Å². The zero-order valence-corrected chi connectivity index (χ0v) is 18.0. The lowest BCUT2D eigenvalue weighted by molar-refractivity contribution is -0.147. The molecular formula is C25H30N2O3. The van der Waals surface area contributed by atoms with Gasteiger partial charge in [0.2, 0.25) is 0 Å². The fourth-order valence-corrected chi connectivity index (χ4v) is 4.37. The maximum Gasteiger partial charge on any atom is 0.254 e. The van der Waals surface area contributed by atoms with E-state index in [4.69, 9.17) is 0 Å². The highest BCUT2D eigenvalue weighted by molar-refractivity contribution is 5.95. The molecule has 158 valence electrons. The third kappa shape index (κ3) is 3.86. The standard InChI is InChI=1S/C25H30N2O3/c1-4-21-16-26(13-14-27(21)24(29)25(30)11-12-25)23(28)20-8-6-19(7-9-20)22-10-5-17(2)15-18(22)3/h5-10,15,21,30H,4,11-14,16H2,1-3H3. The van der Waals surface area contributed by atoms with Crippen LogP contribution in [0, 0.1) is 13.8 Å². The van der Waals surface area contributed by atoms with Gasteiger partial charge in [0.1, 0.15) is 5.60 Å². The fourth-order valence-electron chi connectivity index (χ4n) is 4.37. The van der Waals surface area contributed by atoms with Crippen molar-refractivity contribution in [2.75, 3.05) is 19.6 Å². The molecule has 4 rings (SSSR count). The van der Waals surface area contributed by atoms with Crippen LogP contribution >= 0.6 is 0 Å². The summed E-state index contributed by atoms with van der Waals surface area (Å²) in [7, 11) is 0. The first-order valence-electron chi connectivity index (χ1n) is 10.8.